The maximum atomic E-state index is 12.6. The van der Waals surface area contributed by atoms with E-state index in [0.29, 0.717) is 25.7 Å². The Bertz CT molecular complexity index is 1350. The molecule has 0 aliphatic carbocycles. The van der Waals surface area contributed by atoms with Crippen LogP contribution in [0.4, 0.5) is 0 Å². The van der Waals surface area contributed by atoms with Crippen LogP contribution in [0, 0.1) is 0 Å². The zero-order valence-corrected chi connectivity index (χ0v) is 34.7. The van der Waals surface area contributed by atoms with Gasteiger partial charge in [-0.25, -0.2) is 0 Å². The fourth-order valence-corrected chi connectivity index (χ4v) is 4.98. The number of unbranched alkanes of at least 4 members (excludes halogenated alkanes) is 2. The Kier molecular flexibility index (Phi) is 39.4. The summed E-state index contributed by atoms with van der Waals surface area (Å²) in [5.74, 6) is -1.57. The van der Waals surface area contributed by atoms with Crippen molar-refractivity contribution in [1.82, 2.24) is 5.32 Å². The van der Waals surface area contributed by atoms with Gasteiger partial charge in [-0.05, 0) is 115 Å². The molecule has 56 heavy (non-hydrogen) atoms. The summed E-state index contributed by atoms with van der Waals surface area (Å²) in [5.41, 5.74) is 0. The monoisotopic (exact) mass is 768 g/mol. The molecule has 0 aromatic heterocycles. The van der Waals surface area contributed by atoms with E-state index in [0.717, 1.165) is 89.9 Å². The number of nitrogens with one attached hydrogen (secondary N) is 1. The van der Waals surface area contributed by atoms with Crippen LogP contribution in [-0.2, 0) is 19.1 Å². The number of rotatable bonds is 35. The Hall–Kier alpha value is -4.71. The third-order valence-electron chi connectivity index (χ3n) is 7.99. The largest absolute Gasteiger partial charge is 0.480 e. The highest BCUT2D eigenvalue weighted by Crippen LogP contribution is 2.12. The summed E-state index contributed by atoms with van der Waals surface area (Å²) in [6.07, 6.45) is 66.9. The SMILES string of the molecule is CC/C=C\C/C=C\C/C=C\C/C=C\C/C=C\C/C=C\C/C=C\CCCC(=O)OC(/C=C\C/C=C\C/C=C\C/C=C\C/C=C\CC)CCCCC(=O)NCC(=O)O. The summed E-state index contributed by atoms with van der Waals surface area (Å²) < 4.78 is 5.80. The fourth-order valence-electron chi connectivity index (χ4n) is 4.98. The average molecular weight is 768 g/mol. The third kappa shape index (κ3) is 42.0. The van der Waals surface area contributed by atoms with Gasteiger partial charge in [0.15, 0.2) is 0 Å². The number of carbonyl (C=O) groups is 3. The molecule has 1 unspecified atom stereocenters. The van der Waals surface area contributed by atoms with Crippen molar-refractivity contribution in [3.63, 3.8) is 0 Å². The van der Waals surface area contributed by atoms with E-state index in [1.807, 2.05) is 12.2 Å². The molecular weight excluding hydrogens is 695 g/mol. The molecule has 308 valence electrons. The highest BCUT2D eigenvalue weighted by atomic mass is 16.5. The van der Waals surface area contributed by atoms with Gasteiger partial charge >= 0.3 is 11.9 Å². The Morgan fingerprint density at radius 3 is 1.25 bits per heavy atom. The molecule has 0 aromatic rings. The summed E-state index contributed by atoms with van der Waals surface area (Å²) in [4.78, 5) is 35.2. The van der Waals surface area contributed by atoms with Crippen LogP contribution in [0.15, 0.2) is 146 Å². The first kappa shape index (κ1) is 51.3. The molecule has 0 fully saturated rings. The molecule has 2 N–H and O–H groups in total. The molecule has 6 nitrogen and oxygen atoms in total. The van der Waals surface area contributed by atoms with E-state index in [1.165, 1.54) is 0 Å². The summed E-state index contributed by atoms with van der Waals surface area (Å²) in [5, 5.41) is 11.1. The minimum atomic E-state index is -1.07. The van der Waals surface area contributed by atoms with Crippen LogP contribution in [0.2, 0.25) is 0 Å². The first-order chi connectivity index (χ1) is 27.5. The van der Waals surface area contributed by atoms with Gasteiger partial charge in [-0.15, -0.1) is 0 Å². The van der Waals surface area contributed by atoms with E-state index in [2.05, 4.69) is 153 Å². The predicted molar refractivity (Wildman–Crippen MR) is 239 cm³/mol. The zero-order valence-electron chi connectivity index (χ0n) is 34.7. The maximum absolute atomic E-state index is 12.6. The topological polar surface area (TPSA) is 92.7 Å². The van der Waals surface area contributed by atoms with Gasteiger partial charge in [-0.2, -0.15) is 0 Å². The number of carboxylic acids is 1. The number of allylic oxidation sites excluding steroid dienone is 23. The molecule has 6 heteroatoms. The summed E-state index contributed by atoms with van der Waals surface area (Å²) in [6, 6.07) is 0. The quantitative estimate of drug-likeness (QED) is 0.0380. The van der Waals surface area contributed by atoms with Gasteiger partial charge in [-0.1, -0.05) is 154 Å². The van der Waals surface area contributed by atoms with Crippen LogP contribution < -0.4 is 5.32 Å². The average Bonchev–Trinajstić information content (AvgIpc) is 3.18. The summed E-state index contributed by atoms with van der Waals surface area (Å²) >= 11 is 0. The lowest BCUT2D eigenvalue weighted by Gasteiger charge is -2.14. The van der Waals surface area contributed by atoms with Crippen molar-refractivity contribution in [3.05, 3.63) is 146 Å². The first-order valence-electron chi connectivity index (χ1n) is 21.0. The first-order valence-corrected chi connectivity index (χ1v) is 21.0. The summed E-state index contributed by atoms with van der Waals surface area (Å²) in [6.45, 7) is 3.91. The number of esters is 1. The van der Waals surface area contributed by atoms with Crippen LogP contribution in [-0.4, -0.2) is 35.6 Å². The zero-order chi connectivity index (χ0) is 40.8. The lowest BCUT2D eigenvalue weighted by Crippen LogP contribution is -2.28. The third-order valence-corrected chi connectivity index (χ3v) is 7.99. The van der Waals surface area contributed by atoms with Crippen LogP contribution in [0.5, 0.6) is 0 Å². The standard InChI is InChI=1S/C50H73NO5/c1-3-5-7-9-11-13-15-17-19-20-21-22-23-24-25-26-27-29-31-33-35-37-39-45-50(55)56-47(43-40-41-44-48(52)51-46-49(53)54)42-38-36-34-32-30-28-18-16-14-12-10-8-6-4-2/h5-8,11-14,17-19,21-22,24-25,27-29,32-35,38,42,47H,3-4,9-10,15-16,20,23,26,30-31,36-37,39-41,43-46H2,1-2H3,(H,51,52)(H,53,54)/b7-5-,8-6-,13-11-,14-12-,19-17-,22-21-,25-24-,28-18-,29-27-,34-32-,35-33-,42-38-. The second kappa shape index (κ2) is 43.0. The van der Waals surface area contributed by atoms with E-state index >= 15 is 0 Å². The molecule has 0 spiro atoms. The number of ether oxygens (including phenoxy) is 1. The maximum Gasteiger partial charge on any atom is 0.322 e. The Morgan fingerprint density at radius 2 is 0.857 bits per heavy atom. The second-order valence-electron chi connectivity index (χ2n) is 13.1. The Labute approximate surface area is 340 Å². The van der Waals surface area contributed by atoms with Gasteiger partial charge in [0.25, 0.3) is 0 Å². The lowest BCUT2D eigenvalue weighted by molar-refractivity contribution is -0.147. The highest BCUT2D eigenvalue weighted by Gasteiger charge is 2.12. The van der Waals surface area contributed by atoms with Crippen molar-refractivity contribution < 1.29 is 24.2 Å². The van der Waals surface area contributed by atoms with E-state index in [-0.39, 0.29) is 30.9 Å². The van der Waals surface area contributed by atoms with Crippen molar-refractivity contribution in [1.29, 1.82) is 0 Å². The number of amides is 1. The highest BCUT2D eigenvalue weighted by molar-refractivity contribution is 5.81. The summed E-state index contributed by atoms with van der Waals surface area (Å²) in [7, 11) is 0. The van der Waals surface area contributed by atoms with E-state index in [4.69, 9.17) is 9.84 Å². The molecule has 0 aromatic carbocycles. The van der Waals surface area contributed by atoms with Crippen molar-refractivity contribution in [2.24, 2.45) is 0 Å². The normalized spacial score (nSPS) is 13.6. The molecule has 1 atom stereocenters. The molecule has 0 saturated heterocycles. The van der Waals surface area contributed by atoms with Gasteiger partial charge in [0.2, 0.25) is 5.91 Å². The number of hydrogen-bond acceptors (Lipinski definition) is 4. The minimum Gasteiger partial charge on any atom is -0.480 e. The second-order valence-corrected chi connectivity index (χ2v) is 13.1. The number of hydrogen-bond donors (Lipinski definition) is 2. The Balaban J connectivity index is 4.41. The van der Waals surface area contributed by atoms with Crippen LogP contribution >= 0.6 is 0 Å². The van der Waals surface area contributed by atoms with Gasteiger partial charge in [0, 0.05) is 12.8 Å². The van der Waals surface area contributed by atoms with Gasteiger partial charge in [-0.3, -0.25) is 14.4 Å². The Morgan fingerprint density at radius 1 is 0.482 bits per heavy atom. The lowest BCUT2D eigenvalue weighted by atomic mass is 10.1. The van der Waals surface area contributed by atoms with Crippen molar-refractivity contribution in [2.75, 3.05) is 6.54 Å². The molecule has 0 aliphatic rings. The molecule has 0 bridgehead atoms. The predicted octanol–water partition coefficient (Wildman–Crippen LogP) is 13.2. The number of carbonyl (C=O) groups excluding carboxylic acids is 2. The van der Waals surface area contributed by atoms with E-state index < -0.39 is 5.97 Å². The number of aliphatic carboxylic acids is 1. The van der Waals surface area contributed by atoms with Crippen molar-refractivity contribution in [2.45, 2.75) is 142 Å². The molecule has 0 rings (SSSR count). The molecule has 0 radical (unpaired) electrons. The molecule has 0 aliphatic heterocycles. The van der Waals surface area contributed by atoms with Gasteiger partial charge < -0.3 is 15.2 Å². The van der Waals surface area contributed by atoms with Crippen molar-refractivity contribution >= 4 is 17.8 Å². The smallest absolute Gasteiger partial charge is 0.322 e. The van der Waals surface area contributed by atoms with Gasteiger partial charge in [0.05, 0.1) is 0 Å². The minimum absolute atomic E-state index is 0.222. The van der Waals surface area contributed by atoms with E-state index in [1.54, 1.807) is 0 Å². The molecule has 0 saturated carbocycles. The van der Waals surface area contributed by atoms with Crippen LogP contribution in [0.3, 0.4) is 0 Å². The molecule has 0 heterocycles. The molecular formula is C50H73NO5. The van der Waals surface area contributed by atoms with E-state index in [9.17, 15) is 14.4 Å². The molecule has 1 amide bonds. The fraction of sp³-hybridized carbons (Fsp3) is 0.460. The number of carboxylic acid groups (broad SMARTS) is 1. The van der Waals surface area contributed by atoms with Crippen LogP contribution in [0.1, 0.15) is 136 Å². The van der Waals surface area contributed by atoms with Crippen molar-refractivity contribution in [3.8, 4) is 0 Å². The van der Waals surface area contributed by atoms with Gasteiger partial charge in [0.1, 0.15) is 12.6 Å². The van der Waals surface area contributed by atoms with Crippen LogP contribution in [0.25, 0.3) is 0 Å².